The number of carbonyl (C=O) groups is 3. The van der Waals surface area contributed by atoms with Crippen molar-refractivity contribution >= 4 is 17.8 Å². The van der Waals surface area contributed by atoms with E-state index in [1.54, 1.807) is 0 Å². The third kappa shape index (κ3) is 33.8. The monoisotopic (exact) mass is 627 g/mol. The van der Waals surface area contributed by atoms with Gasteiger partial charge < -0.3 is 15.2 Å². The van der Waals surface area contributed by atoms with Crippen molar-refractivity contribution in [3.05, 3.63) is 60.8 Å². The predicted molar refractivity (Wildman–Crippen MR) is 189 cm³/mol. The van der Waals surface area contributed by atoms with E-state index in [9.17, 15) is 14.4 Å². The number of allylic oxidation sites excluding steroid dienone is 9. The lowest BCUT2D eigenvalue weighted by Gasteiger charge is -2.14. The van der Waals surface area contributed by atoms with Crippen molar-refractivity contribution in [3.8, 4) is 0 Å². The average Bonchev–Trinajstić information content (AvgIpc) is 3.02. The van der Waals surface area contributed by atoms with Crippen molar-refractivity contribution in [2.45, 2.75) is 161 Å². The van der Waals surface area contributed by atoms with Crippen LogP contribution >= 0.6 is 0 Å². The van der Waals surface area contributed by atoms with Crippen molar-refractivity contribution in [2.75, 3.05) is 6.54 Å². The minimum Gasteiger partial charge on any atom is -0.480 e. The number of carboxylic acid groups (broad SMARTS) is 1. The second-order valence-corrected chi connectivity index (χ2v) is 11.7. The first kappa shape index (κ1) is 42.1. The summed E-state index contributed by atoms with van der Waals surface area (Å²) in [4.78, 5) is 34.8. The average molecular weight is 628 g/mol. The number of carboxylic acids is 1. The van der Waals surface area contributed by atoms with Crippen molar-refractivity contribution < 1.29 is 24.2 Å². The normalized spacial score (nSPS) is 12.8. The molecule has 0 saturated carbocycles. The summed E-state index contributed by atoms with van der Waals surface area (Å²) in [6, 6.07) is 0. The van der Waals surface area contributed by atoms with E-state index in [-0.39, 0.29) is 24.5 Å². The Morgan fingerprint density at radius 2 is 1.16 bits per heavy atom. The molecule has 0 bridgehead atoms. The minimum absolute atomic E-state index is 0.118. The molecule has 0 aromatic rings. The van der Waals surface area contributed by atoms with E-state index < -0.39 is 5.97 Å². The highest BCUT2D eigenvalue weighted by atomic mass is 16.5. The largest absolute Gasteiger partial charge is 0.480 e. The molecule has 1 unspecified atom stereocenters. The summed E-state index contributed by atoms with van der Waals surface area (Å²) in [5.41, 5.74) is 0. The Labute approximate surface area is 275 Å². The van der Waals surface area contributed by atoms with Gasteiger partial charge in [-0.2, -0.15) is 0 Å². The predicted octanol–water partition coefficient (Wildman–Crippen LogP) is 10.5. The van der Waals surface area contributed by atoms with Gasteiger partial charge in [0, 0.05) is 12.8 Å². The van der Waals surface area contributed by atoms with Crippen LogP contribution in [0.3, 0.4) is 0 Å². The van der Waals surface area contributed by atoms with Crippen LogP contribution in [0.25, 0.3) is 0 Å². The molecule has 45 heavy (non-hydrogen) atoms. The molecular formula is C39H65NO5. The first-order valence-corrected chi connectivity index (χ1v) is 17.9. The Morgan fingerprint density at radius 3 is 1.80 bits per heavy atom. The highest BCUT2D eigenvalue weighted by Gasteiger charge is 2.11. The molecule has 0 aliphatic carbocycles. The summed E-state index contributed by atoms with van der Waals surface area (Å²) >= 11 is 0. The van der Waals surface area contributed by atoms with Gasteiger partial charge in [0.15, 0.2) is 0 Å². The lowest BCUT2D eigenvalue weighted by Crippen LogP contribution is -2.28. The van der Waals surface area contributed by atoms with Gasteiger partial charge in [0.05, 0.1) is 0 Å². The molecule has 0 heterocycles. The molecule has 1 atom stereocenters. The van der Waals surface area contributed by atoms with Crippen LogP contribution in [0.4, 0.5) is 0 Å². The summed E-state index contributed by atoms with van der Waals surface area (Å²) in [6.07, 6.45) is 43.5. The zero-order chi connectivity index (χ0) is 33.1. The summed E-state index contributed by atoms with van der Waals surface area (Å²) in [5.74, 6) is -1.38. The highest BCUT2D eigenvalue weighted by molar-refractivity contribution is 5.80. The molecule has 0 aromatic heterocycles. The molecule has 0 aliphatic heterocycles. The van der Waals surface area contributed by atoms with Crippen molar-refractivity contribution in [2.24, 2.45) is 0 Å². The Bertz CT molecular complexity index is 871. The van der Waals surface area contributed by atoms with Gasteiger partial charge in [-0.05, 0) is 83.1 Å². The van der Waals surface area contributed by atoms with Crippen LogP contribution in [0.2, 0.25) is 0 Å². The molecule has 1 amide bonds. The SMILES string of the molecule is CC/C=C\C/C=C\C/C=C\CCCCCCCC(=O)OC(/C=C\C/C=C\CCCCCC)CCCCCCC(=O)NCC(=O)O. The lowest BCUT2D eigenvalue weighted by atomic mass is 10.1. The Balaban J connectivity index is 4.28. The molecule has 0 aromatic carbocycles. The zero-order valence-electron chi connectivity index (χ0n) is 28.7. The number of rotatable bonds is 31. The van der Waals surface area contributed by atoms with Gasteiger partial charge >= 0.3 is 11.9 Å². The second kappa shape index (κ2) is 34.0. The summed E-state index contributed by atoms with van der Waals surface area (Å²) in [5, 5.41) is 11.0. The van der Waals surface area contributed by atoms with E-state index in [0.717, 1.165) is 89.9 Å². The first-order valence-electron chi connectivity index (χ1n) is 17.9. The lowest BCUT2D eigenvalue weighted by molar-refractivity contribution is -0.147. The van der Waals surface area contributed by atoms with Crippen LogP contribution in [-0.4, -0.2) is 35.6 Å². The number of carbonyl (C=O) groups excluding carboxylic acids is 2. The number of amides is 1. The molecule has 0 radical (unpaired) electrons. The molecule has 0 fully saturated rings. The van der Waals surface area contributed by atoms with Gasteiger partial charge in [-0.15, -0.1) is 0 Å². The summed E-state index contributed by atoms with van der Waals surface area (Å²) < 4.78 is 5.85. The maximum atomic E-state index is 12.6. The third-order valence-electron chi connectivity index (χ3n) is 7.41. The summed E-state index contributed by atoms with van der Waals surface area (Å²) in [7, 11) is 0. The number of ether oxygens (including phenoxy) is 1. The summed E-state index contributed by atoms with van der Waals surface area (Å²) in [6.45, 7) is 4.04. The highest BCUT2D eigenvalue weighted by Crippen LogP contribution is 2.14. The molecule has 2 N–H and O–H groups in total. The number of esters is 1. The molecule has 256 valence electrons. The number of hydrogen-bond acceptors (Lipinski definition) is 4. The van der Waals surface area contributed by atoms with E-state index >= 15 is 0 Å². The second-order valence-electron chi connectivity index (χ2n) is 11.7. The van der Waals surface area contributed by atoms with Gasteiger partial charge in [-0.1, -0.05) is 120 Å². The molecule has 0 rings (SSSR count). The zero-order valence-corrected chi connectivity index (χ0v) is 28.7. The van der Waals surface area contributed by atoms with Gasteiger partial charge in [0.25, 0.3) is 0 Å². The molecule has 6 nitrogen and oxygen atoms in total. The van der Waals surface area contributed by atoms with Crippen LogP contribution in [0.5, 0.6) is 0 Å². The van der Waals surface area contributed by atoms with Crippen LogP contribution < -0.4 is 5.32 Å². The Hall–Kier alpha value is -2.89. The van der Waals surface area contributed by atoms with E-state index in [4.69, 9.17) is 9.84 Å². The topological polar surface area (TPSA) is 92.7 Å². The van der Waals surface area contributed by atoms with Crippen molar-refractivity contribution in [1.29, 1.82) is 0 Å². The van der Waals surface area contributed by atoms with Crippen molar-refractivity contribution in [3.63, 3.8) is 0 Å². The Kier molecular flexibility index (Phi) is 31.8. The van der Waals surface area contributed by atoms with E-state index in [1.807, 2.05) is 6.08 Å². The van der Waals surface area contributed by atoms with Gasteiger partial charge in [-0.3, -0.25) is 14.4 Å². The maximum absolute atomic E-state index is 12.6. The van der Waals surface area contributed by atoms with Crippen LogP contribution in [-0.2, 0) is 19.1 Å². The fourth-order valence-corrected chi connectivity index (χ4v) is 4.77. The van der Waals surface area contributed by atoms with E-state index in [1.165, 1.54) is 38.5 Å². The van der Waals surface area contributed by atoms with Crippen LogP contribution in [0.15, 0.2) is 60.8 Å². The van der Waals surface area contributed by atoms with Crippen molar-refractivity contribution in [1.82, 2.24) is 5.32 Å². The standard InChI is InChI=1S/C39H65NO5/c1-3-5-7-9-11-13-14-15-16-17-18-20-22-24-30-34-39(44)45-36(31-27-23-21-19-12-10-8-6-4-2)32-28-25-26-29-33-37(41)40-35-38(42)43/h5,7,11,13,15-16,19,21,27,31,36H,3-4,6,8-10,12,14,17-18,20,22-26,28-30,32-35H2,1-2H3,(H,40,41)(H,42,43)/b7-5-,13-11-,16-15-,21-19-,31-27-. The van der Waals surface area contributed by atoms with Crippen LogP contribution in [0, 0.1) is 0 Å². The van der Waals surface area contributed by atoms with Gasteiger partial charge in [-0.25, -0.2) is 0 Å². The fraction of sp³-hybridized carbons (Fsp3) is 0.667. The number of aliphatic carboxylic acids is 1. The molecule has 0 aliphatic rings. The number of nitrogens with one attached hydrogen (secondary N) is 1. The number of unbranched alkanes of at least 4 members (excludes halogenated alkanes) is 12. The number of hydrogen-bond donors (Lipinski definition) is 2. The van der Waals surface area contributed by atoms with Crippen LogP contribution in [0.1, 0.15) is 155 Å². The molecule has 0 saturated heterocycles. The third-order valence-corrected chi connectivity index (χ3v) is 7.41. The molecular weight excluding hydrogens is 562 g/mol. The molecule has 6 heteroatoms. The Morgan fingerprint density at radius 1 is 0.622 bits per heavy atom. The van der Waals surface area contributed by atoms with E-state index in [0.29, 0.717) is 12.8 Å². The van der Waals surface area contributed by atoms with Gasteiger partial charge in [0.1, 0.15) is 12.6 Å². The molecule has 0 spiro atoms. The van der Waals surface area contributed by atoms with Gasteiger partial charge in [0.2, 0.25) is 5.91 Å². The first-order chi connectivity index (χ1) is 22.0. The quantitative estimate of drug-likeness (QED) is 0.0453. The maximum Gasteiger partial charge on any atom is 0.322 e. The smallest absolute Gasteiger partial charge is 0.322 e. The fourth-order valence-electron chi connectivity index (χ4n) is 4.77. The van der Waals surface area contributed by atoms with E-state index in [2.05, 4.69) is 73.8 Å². The minimum atomic E-state index is -1.03.